The Morgan fingerprint density at radius 3 is 2.76 bits per heavy atom. The van der Waals surface area contributed by atoms with Crippen LogP contribution < -0.4 is 10.6 Å². The molecule has 2 aromatic heterocycles. The predicted molar refractivity (Wildman–Crippen MR) is 87.6 cm³/mol. The van der Waals surface area contributed by atoms with Gasteiger partial charge < -0.3 is 19.6 Å². The first-order chi connectivity index (χ1) is 12.1. The summed E-state index contributed by atoms with van der Waals surface area (Å²) in [6.45, 7) is 2.14. The fourth-order valence-corrected chi connectivity index (χ4v) is 3.15. The number of carbonyl (C=O) groups excluding carboxylic acids is 2. The number of furan rings is 1. The molecular weight excluding hydrogens is 324 g/mol. The molecule has 0 spiro atoms. The standard InChI is InChI=1S/C17H22N4O4/c1-12-19-16(21-25-12)17(8-2-3-9-17)20-14(22)7-4-10-18-15(23)13-6-5-11-24-13/h5-6,11H,2-4,7-10H2,1H3,(H,18,23)(H,20,22). The molecule has 1 fully saturated rings. The first kappa shape index (κ1) is 17.2. The van der Waals surface area contributed by atoms with Crippen LogP contribution in [0.5, 0.6) is 0 Å². The maximum Gasteiger partial charge on any atom is 0.286 e. The normalized spacial score (nSPS) is 15.9. The van der Waals surface area contributed by atoms with E-state index in [1.807, 2.05) is 0 Å². The average molecular weight is 346 g/mol. The SMILES string of the molecule is Cc1nc(C2(NC(=O)CCCNC(=O)c3ccco3)CCCC2)no1. The predicted octanol–water partition coefficient (Wildman–Crippen LogP) is 2.07. The molecule has 2 aromatic rings. The highest BCUT2D eigenvalue weighted by Gasteiger charge is 2.41. The van der Waals surface area contributed by atoms with Crippen molar-refractivity contribution in [3.05, 3.63) is 35.9 Å². The molecule has 2 heterocycles. The monoisotopic (exact) mass is 346 g/mol. The molecule has 0 saturated heterocycles. The molecule has 134 valence electrons. The highest BCUT2D eigenvalue weighted by molar-refractivity contribution is 5.91. The van der Waals surface area contributed by atoms with Crippen LogP contribution in [0.4, 0.5) is 0 Å². The summed E-state index contributed by atoms with van der Waals surface area (Å²) in [7, 11) is 0. The second-order valence-corrected chi connectivity index (χ2v) is 6.31. The van der Waals surface area contributed by atoms with Crippen molar-refractivity contribution in [1.29, 1.82) is 0 Å². The third-order valence-electron chi connectivity index (χ3n) is 4.40. The van der Waals surface area contributed by atoms with Crippen LogP contribution in [-0.2, 0) is 10.3 Å². The number of aromatic nitrogens is 2. The molecule has 2 amide bonds. The molecule has 0 atom stereocenters. The second kappa shape index (κ2) is 7.50. The lowest BCUT2D eigenvalue weighted by atomic mass is 9.96. The number of carbonyl (C=O) groups is 2. The molecule has 0 bridgehead atoms. The molecule has 25 heavy (non-hydrogen) atoms. The van der Waals surface area contributed by atoms with Crippen molar-refractivity contribution in [3.63, 3.8) is 0 Å². The summed E-state index contributed by atoms with van der Waals surface area (Å²) >= 11 is 0. The van der Waals surface area contributed by atoms with Gasteiger partial charge in [-0.1, -0.05) is 18.0 Å². The molecule has 2 N–H and O–H groups in total. The first-order valence-corrected chi connectivity index (χ1v) is 8.53. The molecular formula is C17H22N4O4. The van der Waals surface area contributed by atoms with Gasteiger partial charge in [0.2, 0.25) is 11.8 Å². The van der Waals surface area contributed by atoms with E-state index in [9.17, 15) is 9.59 Å². The summed E-state index contributed by atoms with van der Waals surface area (Å²) in [4.78, 5) is 28.4. The van der Waals surface area contributed by atoms with Crippen molar-refractivity contribution in [2.75, 3.05) is 6.54 Å². The molecule has 1 aliphatic rings. The zero-order valence-corrected chi connectivity index (χ0v) is 14.2. The van der Waals surface area contributed by atoms with Gasteiger partial charge in [0, 0.05) is 19.9 Å². The van der Waals surface area contributed by atoms with Crippen molar-refractivity contribution < 1.29 is 18.5 Å². The third kappa shape index (κ3) is 4.07. The number of nitrogens with one attached hydrogen (secondary N) is 2. The van der Waals surface area contributed by atoms with E-state index in [-0.39, 0.29) is 17.6 Å². The summed E-state index contributed by atoms with van der Waals surface area (Å²) in [5.74, 6) is 0.969. The molecule has 1 saturated carbocycles. The Morgan fingerprint density at radius 1 is 1.32 bits per heavy atom. The van der Waals surface area contributed by atoms with Gasteiger partial charge in [-0.2, -0.15) is 4.98 Å². The van der Waals surface area contributed by atoms with Crippen LogP contribution in [0.25, 0.3) is 0 Å². The lowest BCUT2D eigenvalue weighted by Crippen LogP contribution is -2.44. The van der Waals surface area contributed by atoms with Crippen LogP contribution in [0.3, 0.4) is 0 Å². The second-order valence-electron chi connectivity index (χ2n) is 6.31. The minimum Gasteiger partial charge on any atom is -0.459 e. The Morgan fingerprint density at radius 2 is 2.12 bits per heavy atom. The molecule has 1 aliphatic carbocycles. The quantitative estimate of drug-likeness (QED) is 0.743. The van der Waals surface area contributed by atoms with Gasteiger partial charge in [-0.15, -0.1) is 0 Å². The molecule has 0 unspecified atom stereocenters. The third-order valence-corrected chi connectivity index (χ3v) is 4.40. The average Bonchev–Trinajstić information content (AvgIpc) is 3.32. The Balaban J connectivity index is 1.47. The molecule has 0 aliphatic heterocycles. The zero-order valence-electron chi connectivity index (χ0n) is 14.2. The summed E-state index contributed by atoms with van der Waals surface area (Å²) in [5.41, 5.74) is -0.522. The van der Waals surface area contributed by atoms with Crippen molar-refractivity contribution >= 4 is 11.8 Å². The summed E-state index contributed by atoms with van der Waals surface area (Å²) in [5, 5.41) is 9.81. The van der Waals surface area contributed by atoms with Gasteiger partial charge in [-0.05, 0) is 31.4 Å². The van der Waals surface area contributed by atoms with Gasteiger partial charge in [-0.25, -0.2) is 0 Å². The van der Waals surface area contributed by atoms with Crippen LogP contribution in [0.15, 0.2) is 27.3 Å². The van der Waals surface area contributed by atoms with Gasteiger partial charge in [0.15, 0.2) is 11.6 Å². The lowest BCUT2D eigenvalue weighted by Gasteiger charge is -2.26. The smallest absolute Gasteiger partial charge is 0.286 e. The van der Waals surface area contributed by atoms with Gasteiger partial charge in [0.25, 0.3) is 5.91 Å². The fourth-order valence-electron chi connectivity index (χ4n) is 3.15. The van der Waals surface area contributed by atoms with Crippen LogP contribution in [-0.4, -0.2) is 28.5 Å². The van der Waals surface area contributed by atoms with E-state index in [2.05, 4.69) is 20.8 Å². The number of hydrogen-bond donors (Lipinski definition) is 2. The zero-order chi connectivity index (χ0) is 17.7. The van der Waals surface area contributed by atoms with Crippen LogP contribution >= 0.6 is 0 Å². The molecule has 3 rings (SSSR count). The number of rotatable bonds is 7. The lowest BCUT2D eigenvalue weighted by molar-refractivity contribution is -0.123. The van der Waals surface area contributed by atoms with E-state index in [4.69, 9.17) is 8.94 Å². The van der Waals surface area contributed by atoms with E-state index in [0.717, 1.165) is 25.7 Å². The summed E-state index contributed by atoms with van der Waals surface area (Å²) < 4.78 is 10.1. The number of hydrogen-bond acceptors (Lipinski definition) is 6. The minimum atomic E-state index is -0.522. The van der Waals surface area contributed by atoms with E-state index >= 15 is 0 Å². The van der Waals surface area contributed by atoms with Gasteiger partial charge >= 0.3 is 0 Å². The topological polar surface area (TPSA) is 110 Å². The minimum absolute atomic E-state index is 0.0726. The van der Waals surface area contributed by atoms with Gasteiger partial charge in [0.1, 0.15) is 5.54 Å². The first-order valence-electron chi connectivity index (χ1n) is 8.53. The maximum absolute atomic E-state index is 12.3. The summed E-state index contributed by atoms with van der Waals surface area (Å²) in [6, 6.07) is 3.25. The van der Waals surface area contributed by atoms with Crippen molar-refractivity contribution in [1.82, 2.24) is 20.8 Å². The number of nitrogens with zero attached hydrogens (tertiary/aromatic N) is 2. The molecule has 8 nitrogen and oxygen atoms in total. The van der Waals surface area contributed by atoms with E-state index < -0.39 is 5.54 Å². The van der Waals surface area contributed by atoms with E-state index in [1.165, 1.54) is 6.26 Å². The van der Waals surface area contributed by atoms with Crippen molar-refractivity contribution in [2.45, 2.75) is 51.0 Å². The Hall–Kier alpha value is -2.64. The summed E-state index contributed by atoms with van der Waals surface area (Å²) in [6.07, 6.45) is 5.97. The van der Waals surface area contributed by atoms with E-state index in [1.54, 1.807) is 19.1 Å². The van der Waals surface area contributed by atoms with Crippen LogP contribution in [0, 0.1) is 6.92 Å². The number of aryl methyl sites for hydroxylation is 1. The fraction of sp³-hybridized carbons (Fsp3) is 0.529. The highest BCUT2D eigenvalue weighted by atomic mass is 16.5. The van der Waals surface area contributed by atoms with Crippen LogP contribution in [0.1, 0.15) is 60.8 Å². The van der Waals surface area contributed by atoms with E-state index in [0.29, 0.717) is 31.1 Å². The Kier molecular flexibility index (Phi) is 5.16. The van der Waals surface area contributed by atoms with Gasteiger partial charge in [-0.3, -0.25) is 9.59 Å². The molecule has 8 heteroatoms. The highest BCUT2D eigenvalue weighted by Crippen LogP contribution is 2.37. The van der Waals surface area contributed by atoms with Crippen molar-refractivity contribution in [2.24, 2.45) is 0 Å². The van der Waals surface area contributed by atoms with Crippen LogP contribution in [0.2, 0.25) is 0 Å². The Labute approximate surface area is 145 Å². The molecule has 0 radical (unpaired) electrons. The largest absolute Gasteiger partial charge is 0.459 e. The van der Waals surface area contributed by atoms with Crippen molar-refractivity contribution in [3.8, 4) is 0 Å². The maximum atomic E-state index is 12.3. The number of amides is 2. The van der Waals surface area contributed by atoms with Gasteiger partial charge in [0.05, 0.1) is 6.26 Å². The molecule has 0 aromatic carbocycles. The Bertz CT molecular complexity index is 717.